The Morgan fingerprint density at radius 3 is 1.74 bits per heavy atom. The van der Waals surface area contributed by atoms with E-state index in [9.17, 15) is 58.5 Å². The number of methoxy groups -OCH3 is 1. The molecule has 45 nitrogen and oxygen atoms in total. The Kier molecular flexibility index (Phi) is 39.4. The summed E-state index contributed by atoms with van der Waals surface area (Å²) in [6.07, 6.45) is 2.40. The van der Waals surface area contributed by atoms with Crippen LogP contribution < -0.4 is 75.7 Å². The molecule has 0 radical (unpaired) electrons. The Bertz CT molecular complexity index is 5250. The van der Waals surface area contributed by atoms with Crippen LogP contribution in [0, 0.1) is 11.3 Å². The third-order valence-electron chi connectivity index (χ3n) is 24.1. The van der Waals surface area contributed by atoms with Gasteiger partial charge >= 0.3 is 0 Å². The van der Waals surface area contributed by atoms with Gasteiger partial charge in [0.25, 0.3) is 0 Å². The number of hydrogen-bond donors (Lipinski definition) is 21. The molecule has 6 aromatic rings. The standard InChI is InChI=1S/C90H126N24O21S/c1-9-10-22-71-89(134)111(6)69(28-31-135-8)82(127)102-60(21-15-29-96-90(93)94)78(123)109-68(77(122)99-42-74(92)119)45-136-46-75(120)101-64(33-50-24-26-54(116)27-25-50)85(130)110(5)49(4)76(121)105-66(38-73(91)118)87(132)113-30-16-23-70(113)83(128)104-62(36-53-41-95-47-100-53)80(125)106-63(32-48(2)3)88(133)114-43-55(117)37-72(114)84(129)103-61(34-51-39-97-58-19-13-11-17-56(51)58)79(124)108-67(44-115)81(126)107-65(86(131)112(71)7)35-52-40-98-59-20-14-12-18-57(52)59/h11-14,17-20,24-27,39-41,47-49,55,60-72,97-98,115-117H,9-10,15-16,21-23,28-38,42-46H2,1-8H3,(H2,91,118)(H2,92,119)(H,95,100)(H,99,122)(H,101,120)(H,102,127)(H,103,129)(H,104,128)(H,105,121)(H,106,125)(H,107,126)(H,108,124)(H,109,123)(H4,93,94,96)/t49-,55+,60-,61-,62-,63-,64-,65-,66-,67-,68-,69-,70-,71-,72-/m0/s1. The summed E-state index contributed by atoms with van der Waals surface area (Å²) in [4.78, 5) is 269. The van der Waals surface area contributed by atoms with Gasteiger partial charge in [-0.2, -0.15) is 0 Å². The molecule has 46 heteroatoms. The molecule has 3 saturated heterocycles. The van der Waals surface area contributed by atoms with Crippen LogP contribution in [0.2, 0.25) is 0 Å². The summed E-state index contributed by atoms with van der Waals surface area (Å²) in [6.45, 7) is 3.91. The highest BCUT2D eigenvalue weighted by atomic mass is 32.2. The number of ether oxygens (including phenoxy) is 1. The van der Waals surface area contributed by atoms with Crippen molar-refractivity contribution < 1.29 is 102 Å². The Hall–Kier alpha value is -13.8. The fourth-order valence-electron chi connectivity index (χ4n) is 16.6. The summed E-state index contributed by atoms with van der Waals surface area (Å²) in [6, 6.07) is -2.66. The number of aromatic nitrogens is 4. The second-order valence-electron chi connectivity index (χ2n) is 34.6. The second-order valence-corrected chi connectivity index (χ2v) is 35.6. The zero-order valence-corrected chi connectivity index (χ0v) is 78.1. The number of likely N-dealkylation sites (N-methyl/N-ethyl adjacent to an activating group) is 3. The lowest BCUT2D eigenvalue weighted by molar-refractivity contribution is -0.149. The molecule has 15 atom stereocenters. The number of thioether (sulfide) groups is 1. The van der Waals surface area contributed by atoms with Crippen molar-refractivity contribution in [2.45, 2.75) is 215 Å². The van der Waals surface area contributed by atoms with E-state index in [4.69, 9.17) is 27.3 Å². The minimum absolute atomic E-state index is 0.00792. The minimum atomic E-state index is -1.91. The molecule has 0 saturated carbocycles. The number of aliphatic hydroxyl groups excluding tert-OH is 2. The number of H-pyrrole nitrogens is 3. The van der Waals surface area contributed by atoms with E-state index < -0.39 is 241 Å². The molecule has 9 rings (SSSR count). The number of rotatable bonds is 26. The Morgan fingerprint density at radius 1 is 0.581 bits per heavy atom. The molecule has 3 aromatic heterocycles. The van der Waals surface area contributed by atoms with Gasteiger partial charge in [0.15, 0.2) is 5.96 Å². The summed E-state index contributed by atoms with van der Waals surface area (Å²) in [7, 11) is 5.14. The first-order valence-electron chi connectivity index (χ1n) is 45.1. The molecule has 6 heterocycles. The number of aromatic hydroxyl groups is 1. The molecule has 738 valence electrons. The average molecular weight is 1910 g/mol. The Morgan fingerprint density at radius 2 is 1.14 bits per heavy atom. The highest BCUT2D eigenvalue weighted by molar-refractivity contribution is 8.00. The number of carbonyl (C=O) groups excluding carboxylic acids is 17. The van der Waals surface area contributed by atoms with E-state index in [1.807, 2.05) is 6.92 Å². The van der Waals surface area contributed by atoms with Crippen molar-refractivity contribution in [3.8, 4) is 5.75 Å². The molecule has 0 spiro atoms. The molecule has 0 aliphatic carbocycles. The third-order valence-corrected chi connectivity index (χ3v) is 25.1. The average Bonchev–Trinajstić information content (AvgIpc) is 1.53. The number of aromatic amines is 3. The lowest BCUT2D eigenvalue weighted by Crippen LogP contribution is -2.62. The summed E-state index contributed by atoms with van der Waals surface area (Å²) >= 11 is 0.746. The molecular weight excluding hydrogens is 1790 g/mol. The summed E-state index contributed by atoms with van der Waals surface area (Å²) in [5, 5.41) is 70.9. The van der Waals surface area contributed by atoms with Gasteiger partial charge in [-0.25, -0.2) is 4.98 Å². The van der Waals surface area contributed by atoms with Crippen LogP contribution in [0.15, 0.2) is 97.7 Å². The normalized spacial score (nSPS) is 24.7. The van der Waals surface area contributed by atoms with Crippen LogP contribution in [-0.4, -0.2) is 336 Å². The SMILES string of the molecule is CCCC[C@H]1C(=O)N(C)[C@@H](CCOC)C(=O)N[C@@H](CCCNC(=N)N)C(=O)N[C@H](C(=O)NCC(N)=O)CSCC(=O)N[C@@H](Cc2ccc(O)cc2)C(=O)N(C)[C@@H](C)C(=O)N[C@@H](CC(N)=O)C(=O)N2CCC[C@H]2C(=O)N[C@@H](Cc2cnc[nH]2)C(=O)N[C@@H](CC(C)C)C(=O)N2C[C@H](O)C[C@H]2C(=O)N[C@@H](Cc2c[nH]c3ccccc23)C(=O)N[C@@H](CO)C(=O)N[C@@H](Cc2c[nH]c3ccccc23)C(=O)N1C. The molecule has 3 aliphatic rings. The smallest absolute Gasteiger partial charge is 0.246 e. The van der Waals surface area contributed by atoms with Gasteiger partial charge in [0.2, 0.25) is 100 Å². The number of para-hydroxylation sites is 2. The van der Waals surface area contributed by atoms with E-state index in [-0.39, 0.29) is 102 Å². The highest BCUT2D eigenvalue weighted by Crippen LogP contribution is 2.28. The maximum atomic E-state index is 15.7. The topological polar surface area (TPSA) is 671 Å². The van der Waals surface area contributed by atoms with Crippen LogP contribution in [0.3, 0.4) is 0 Å². The molecule has 3 fully saturated rings. The first-order valence-corrected chi connectivity index (χ1v) is 46.2. The maximum Gasteiger partial charge on any atom is 0.246 e. The van der Waals surface area contributed by atoms with Crippen molar-refractivity contribution in [2.24, 2.45) is 23.1 Å². The number of phenols is 1. The van der Waals surface area contributed by atoms with Crippen LogP contribution in [0.25, 0.3) is 21.8 Å². The number of nitrogens with one attached hydrogen (secondary N) is 15. The number of amides is 17. The lowest BCUT2D eigenvalue weighted by Gasteiger charge is -2.36. The number of guanidine groups is 1. The number of benzene rings is 3. The fraction of sp³-hybridized carbons (Fsp3) is 0.522. The van der Waals surface area contributed by atoms with Crippen molar-refractivity contribution in [2.75, 3.05) is 79.2 Å². The Labute approximate surface area is 788 Å². The number of aliphatic hydroxyl groups is 2. The van der Waals surface area contributed by atoms with Gasteiger partial charge in [0, 0.05) is 145 Å². The number of phenolic OH excluding ortho intramolecular Hbond substituents is 1. The van der Waals surface area contributed by atoms with Crippen molar-refractivity contribution in [1.82, 2.24) is 103 Å². The van der Waals surface area contributed by atoms with Gasteiger partial charge in [-0.05, 0) is 92.3 Å². The molecule has 0 unspecified atom stereocenters. The zero-order valence-electron chi connectivity index (χ0n) is 77.3. The first kappa shape index (κ1) is 106. The molecule has 0 bridgehead atoms. The van der Waals surface area contributed by atoms with Crippen molar-refractivity contribution in [3.63, 3.8) is 0 Å². The van der Waals surface area contributed by atoms with E-state index >= 15 is 38.4 Å². The molecular formula is C90H126N24O21S. The summed E-state index contributed by atoms with van der Waals surface area (Å²) in [5.74, 6) is -18.4. The lowest BCUT2D eigenvalue weighted by atomic mass is 10.00. The molecule has 17 amide bonds. The predicted molar refractivity (Wildman–Crippen MR) is 497 cm³/mol. The zero-order chi connectivity index (χ0) is 99.3. The van der Waals surface area contributed by atoms with Crippen LogP contribution in [0.4, 0.5) is 0 Å². The van der Waals surface area contributed by atoms with Crippen molar-refractivity contribution >= 4 is 140 Å². The number of imidazole rings is 1. The number of nitrogens with two attached hydrogens (primary N) is 3. The van der Waals surface area contributed by atoms with Crippen LogP contribution in [0.1, 0.15) is 121 Å². The monoisotopic (exact) mass is 1910 g/mol. The first-order chi connectivity index (χ1) is 64.8. The minimum Gasteiger partial charge on any atom is -0.508 e. The van der Waals surface area contributed by atoms with E-state index in [2.05, 4.69) is 78.4 Å². The third kappa shape index (κ3) is 29.4. The summed E-state index contributed by atoms with van der Waals surface area (Å²) in [5.41, 5.74) is 19.7. The Balaban J connectivity index is 1.10. The maximum absolute atomic E-state index is 15.7. The number of unbranched alkanes of at least 4 members (excludes halogenated alkanes) is 1. The molecule has 3 aliphatic heterocycles. The van der Waals surface area contributed by atoms with Gasteiger partial charge in [0.1, 0.15) is 90.3 Å². The van der Waals surface area contributed by atoms with Gasteiger partial charge in [0.05, 0.1) is 37.8 Å². The van der Waals surface area contributed by atoms with Gasteiger partial charge < -0.3 is 135 Å². The molecule has 136 heavy (non-hydrogen) atoms. The van der Waals surface area contributed by atoms with Crippen molar-refractivity contribution in [1.29, 1.82) is 5.41 Å². The van der Waals surface area contributed by atoms with E-state index in [1.54, 1.807) is 74.8 Å². The number of carbonyl (C=O) groups is 17. The second kappa shape index (κ2) is 50.5. The number of primary amides is 2. The van der Waals surface area contributed by atoms with E-state index in [0.29, 0.717) is 57.0 Å². The predicted octanol–water partition coefficient (Wildman–Crippen LogP) is -4.08. The number of hydrogen-bond acceptors (Lipinski definition) is 24. The van der Waals surface area contributed by atoms with Crippen LogP contribution in [-0.2, 0) is 112 Å². The van der Waals surface area contributed by atoms with Gasteiger partial charge in [-0.1, -0.05) is 82.1 Å². The van der Waals surface area contributed by atoms with Gasteiger partial charge in [-0.15, -0.1) is 11.8 Å². The van der Waals surface area contributed by atoms with Crippen LogP contribution in [0.5, 0.6) is 5.75 Å². The number of fused-ring (bicyclic) bond motifs is 4. The largest absolute Gasteiger partial charge is 0.508 e. The van der Waals surface area contributed by atoms with Crippen molar-refractivity contribution in [3.05, 3.63) is 120 Å². The van der Waals surface area contributed by atoms with E-state index in [1.165, 1.54) is 72.0 Å². The quantitative estimate of drug-likeness (QED) is 0.0139. The molecule has 24 N–H and O–H groups in total. The summed E-state index contributed by atoms with van der Waals surface area (Å²) < 4.78 is 5.45. The highest BCUT2D eigenvalue weighted by Gasteiger charge is 2.47. The van der Waals surface area contributed by atoms with Crippen LogP contribution >= 0.6 is 11.8 Å². The fourth-order valence-corrected chi connectivity index (χ4v) is 17.5. The molecule has 3 aromatic carbocycles. The van der Waals surface area contributed by atoms with E-state index in [0.717, 1.165) is 36.3 Å². The number of nitrogens with zero attached hydrogens (tertiary/aromatic N) is 6. The van der Waals surface area contributed by atoms with Gasteiger partial charge in [-0.3, -0.25) is 86.9 Å².